The summed E-state index contributed by atoms with van der Waals surface area (Å²) in [6, 6.07) is 0. The van der Waals surface area contributed by atoms with Crippen molar-refractivity contribution >= 4 is 11.7 Å². The van der Waals surface area contributed by atoms with E-state index in [0.717, 1.165) is 25.2 Å². The van der Waals surface area contributed by atoms with Gasteiger partial charge in [0.05, 0.1) is 19.6 Å². The molecule has 1 unspecified atom stereocenters. The lowest BCUT2D eigenvalue weighted by atomic mass is 9.48. The second-order valence-electron chi connectivity index (χ2n) is 13.8. The molecule has 0 radical (unpaired) electrons. The highest BCUT2D eigenvalue weighted by molar-refractivity contribution is 5.87. The summed E-state index contributed by atoms with van der Waals surface area (Å²) in [4.78, 5) is 29.7. The van der Waals surface area contributed by atoms with Gasteiger partial charge in [0.25, 0.3) is 0 Å². The van der Waals surface area contributed by atoms with Gasteiger partial charge in [0.15, 0.2) is 5.79 Å². The minimum atomic E-state index is -0.744. The van der Waals surface area contributed by atoms with Gasteiger partial charge in [0, 0.05) is 22.7 Å². The third-order valence-electron chi connectivity index (χ3n) is 11.4. The van der Waals surface area contributed by atoms with Crippen LogP contribution in [0.3, 0.4) is 0 Å². The SMILES string of the molecule is CC(C)CCC[C@@H](C)[C@H]1CC[C@H]2[C@H](C(C)C(=O)N=[N+]=[N-])[C@@H]([C@@]3(C)CCC4(CC3=O)OCCO4)CC[C@]12C. The zero-order valence-corrected chi connectivity index (χ0v) is 24.0. The van der Waals surface area contributed by atoms with Gasteiger partial charge >= 0.3 is 0 Å². The van der Waals surface area contributed by atoms with Crippen LogP contribution in [0.1, 0.15) is 106 Å². The lowest BCUT2D eigenvalue weighted by Gasteiger charge is -2.56. The third kappa shape index (κ3) is 5.25. The molecule has 7 heteroatoms. The average Bonchev–Trinajstić information content (AvgIpc) is 3.44. The molecule has 208 valence electrons. The number of carbonyl (C=O) groups excluding carboxylic acids is 2. The van der Waals surface area contributed by atoms with Gasteiger partial charge in [-0.15, -0.1) is 0 Å². The summed E-state index contributed by atoms with van der Waals surface area (Å²) in [6.45, 7) is 14.7. The van der Waals surface area contributed by atoms with E-state index in [-0.39, 0.29) is 34.9 Å². The van der Waals surface area contributed by atoms with Crippen LogP contribution in [0.25, 0.3) is 10.4 Å². The van der Waals surface area contributed by atoms with Gasteiger partial charge in [-0.2, -0.15) is 0 Å². The summed E-state index contributed by atoms with van der Waals surface area (Å²) >= 11 is 0. The molecule has 0 aromatic rings. The molecule has 1 aliphatic heterocycles. The molecule has 37 heavy (non-hydrogen) atoms. The van der Waals surface area contributed by atoms with Crippen molar-refractivity contribution in [3.63, 3.8) is 0 Å². The highest BCUT2D eigenvalue weighted by atomic mass is 16.7. The van der Waals surface area contributed by atoms with Crippen molar-refractivity contribution in [1.29, 1.82) is 0 Å². The topological polar surface area (TPSA) is 101 Å². The number of hydrogen-bond donors (Lipinski definition) is 0. The minimum Gasteiger partial charge on any atom is -0.347 e. The normalized spacial score (nSPS) is 38.8. The maximum absolute atomic E-state index is 13.8. The van der Waals surface area contributed by atoms with Crippen molar-refractivity contribution < 1.29 is 19.1 Å². The number of rotatable bonds is 8. The largest absolute Gasteiger partial charge is 0.347 e. The molecule has 0 aromatic heterocycles. The number of nitrogens with zero attached hydrogens (tertiary/aromatic N) is 3. The quantitative estimate of drug-likeness (QED) is 0.190. The fourth-order valence-electron chi connectivity index (χ4n) is 9.22. The predicted octanol–water partition coefficient (Wildman–Crippen LogP) is 7.48. The summed E-state index contributed by atoms with van der Waals surface area (Å²) in [5.41, 5.74) is 8.67. The third-order valence-corrected chi connectivity index (χ3v) is 11.4. The fourth-order valence-corrected chi connectivity index (χ4v) is 9.22. The molecular weight excluding hydrogens is 466 g/mol. The van der Waals surface area contributed by atoms with Crippen LogP contribution in [-0.4, -0.2) is 30.7 Å². The number of amides is 1. The molecular formula is C30H49N3O4. The van der Waals surface area contributed by atoms with Crippen LogP contribution < -0.4 is 0 Å². The second kappa shape index (κ2) is 11.0. The number of carbonyl (C=O) groups is 2. The first kappa shape index (κ1) is 28.6. The van der Waals surface area contributed by atoms with Crippen LogP contribution in [0.5, 0.6) is 0 Å². The summed E-state index contributed by atoms with van der Waals surface area (Å²) in [6.07, 6.45) is 9.84. The molecule has 7 nitrogen and oxygen atoms in total. The molecule has 0 bridgehead atoms. The van der Waals surface area contributed by atoms with E-state index in [9.17, 15) is 9.59 Å². The number of ether oxygens (including phenoxy) is 2. The van der Waals surface area contributed by atoms with Crippen molar-refractivity contribution in [2.75, 3.05) is 13.2 Å². The predicted molar refractivity (Wildman–Crippen MR) is 143 cm³/mol. The van der Waals surface area contributed by atoms with E-state index in [1.54, 1.807) is 0 Å². The van der Waals surface area contributed by atoms with E-state index in [2.05, 4.69) is 44.6 Å². The lowest BCUT2D eigenvalue weighted by molar-refractivity contribution is -0.201. The molecule has 3 aliphatic carbocycles. The maximum atomic E-state index is 13.8. The van der Waals surface area contributed by atoms with Crippen molar-refractivity contribution in [2.24, 2.45) is 57.4 Å². The van der Waals surface area contributed by atoms with E-state index < -0.39 is 11.2 Å². The number of Topliss-reactive ketones (excluding diaryl/α,β-unsaturated/α-hetero) is 1. The van der Waals surface area contributed by atoms with Crippen molar-refractivity contribution in [2.45, 2.75) is 112 Å². The van der Waals surface area contributed by atoms with Gasteiger partial charge in [-0.3, -0.25) is 9.59 Å². The van der Waals surface area contributed by atoms with Crippen molar-refractivity contribution in [1.82, 2.24) is 0 Å². The number of ketones is 1. The molecule has 1 heterocycles. The maximum Gasteiger partial charge on any atom is 0.222 e. The van der Waals surface area contributed by atoms with Crippen LogP contribution in [0, 0.1) is 52.3 Å². The molecule has 8 atom stereocenters. The van der Waals surface area contributed by atoms with E-state index in [1.165, 1.54) is 25.7 Å². The van der Waals surface area contributed by atoms with Crippen LogP contribution in [-0.2, 0) is 19.1 Å². The van der Waals surface area contributed by atoms with Gasteiger partial charge in [-0.1, -0.05) is 60.8 Å². The standard InChI is InChI=1S/C30H49N3O4/c1-19(2)8-7-9-20(3)22-10-11-23-26(21(4)27(35)32-33-31)24(12-13-28(22,23)5)29(6)14-15-30(18-25(29)34)36-16-17-37-30/h19-24,26H,7-18H2,1-6H3/t20-,21?,22-,23+,24+,26+,28-,29-/m1/s1. The zero-order valence-electron chi connectivity index (χ0n) is 24.0. The molecule has 0 aromatic carbocycles. The van der Waals surface area contributed by atoms with Gasteiger partial charge in [-0.25, -0.2) is 0 Å². The van der Waals surface area contributed by atoms with Gasteiger partial charge in [0.1, 0.15) is 5.78 Å². The first-order chi connectivity index (χ1) is 17.5. The van der Waals surface area contributed by atoms with Crippen molar-refractivity contribution in [3.8, 4) is 0 Å². The Morgan fingerprint density at radius 3 is 2.35 bits per heavy atom. The highest BCUT2D eigenvalue weighted by Gasteiger charge is 2.62. The van der Waals surface area contributed by atoms with Gasteiger partial charge < -0.3 is 9.47 Å². The molecule has 1 amide bonds. The molecule has 0 N–H and O–H groups in total. The van der Waals surface area contributed by atoms with Crippen LogP contribution >= 0.6 is 0 Å². The first-order valence-corrected chi connectivity index (χ1v) is 14.9. The van der Waals surface area contributed by atoms with Crippen LogP contribution in [0.4, 0.5) is 0 Å². The Balaban J connectivity index is 1.61. The molecule has 1 saturated heterocycles. The van der Waals surface area contributed by atoms with Crippen LogP contribution in [0.2, 0.25) is 0 Å². The molecule has 3 saturated carbocycles. The van der Waals surface area contributed by atoms with E-state index >= 15 is 0 Å². The monoisotopic (exact) mass is 515 g/mol. The van der Waals surface area contributed by atoms with Crippen LogP contribution in [0.15, 0.2) is 5.11 Å². The molecule has 4 aliphatic rings. The summed E-state index contributed by atoms with van der Waals surface area (Å²) < 4.78 is 11.8. The Labute approximate surface area is 223 Å². The van der Waals surface area contributed by atoms with Gasteiger partial charge in [0.2, 0.25) is 5.91 Å². The highest BCUT2D eigenvalue weighted by Crippen LogP contribution is 2.66. The van der Waals surface area contributed by atoms with E-state index in [4.69, 9.17) is 15.0 Å². The summed E-state index contributed by atoms with van der Waals surface area (Å²) in [7, 11) is 0. The molecule has 4 fully saturated rings. The average molecular weight is 516 g/mol. The first-order valence-electron chi connectivity index (χ1n) is 14.9. The minimum absolute atomic E-state index is 0.0398. The lowest BCUT2D eigenvalue weighted by Crippen LogP contribution is -2.55. The Morgan fingerprint density at radius 1 is 1.03 bits per heavy atom. The Hall–Kier alpha value is -1.43. The number of fused-ring (bicyclic) bond motifs is 1. The molecule has 4 rings (SSSR count). The van der Waals surface area contributed by atoms with E-state index in [1.807, 2.05) is 6.92 Å². The smallest absolute Gasteiger partial charge is 0.222 e. The summed E-state index contributed by atoms with van der Waals surface area (Å²) in [5.74, 6) is 1.21. The Morgan fingerprint density at radius 2 is 1.73 bits per heavy atom. The Kier molecular flexibility index (Phi) is 8.48. The van der Waals surface area contributed by atoms with Gasteiger partial charge in [-0.05, 0) is 83.7 Å². The number of azide groups is 1. The molecule has 1 spiro atoms. The Bertz CT molecular complexity index is 909. The second-order valence-corrected chi connectivity index (χ2v) is 13.8. The number of hydrogen-bond acceptors (Lipinski definition) is 4. The van der Waals surface area contributed by atoms with Crippen molar-refractivity contribution in [3.05, 3.63) is 10.4 Å². The fraction of sp³-hybridized carbons (Fsp3) is 0.933. The summed E-state index contributed by atoms with van der Waals surface area (Å²) in [5, 5.41) is 3.54. The van der Waals surface area contributed by atoms with E-state index in [0.29, 0.717) is 50.2 Å². The zero-order chi connectivity index (χ0) is 27.0.